The van der Waals surface area contributed by atoms with Crippen molar-refractivity contribution in [2.24, 2.45) is 0 Å². The zero-order valence-electron chi connectivity index (χ0n) is 10.6. The molecule has 0 radical (unpaired) electrons. The van der Waals surface area contributed by atoms with E-state index >= 15 is 0 Å². The van der Waals surface area contributed by atoms with Crippen molar-refractivity contribution in [1.29, 1.82) is 0 Å². The van der Waals surface area contributed by atoms with Gasteiger partial charge in [-0.25, -0.2) is 0 Å². The first kappa shape index (κ1) is 13.9. The second kappa shape index (κ2) is 6.56. The third kappa shape index (κ3) is 4.70. The molecule has 96 valence electrons. The molecule has 0 amide bonds. The van der Waals surface area contributed by atoms with Gasteiger partial charge >= 0.3 is 0 Å². The van der Waals surface area contributed by atoms with E-state index in [1.54, 1.807) is 12.0 Å². The van der Waals surface area contributed by atoms with Crippen molar-refractivity contribution in [3.05, 3.63) is 5.28 Å². The summed E-state index contributed by atoms with van der Waals surface area (Å²) in [4.78, 5) is 14.1. The van der Waals surface area contributed by atoms with Gasteiger partial charge in [-0.2, -0.15) is 15.0 Å². The normalized spacial score (nSPS) is 12.3. The molecule has 0 aromatic carbocycles. The van der Waals surface area contributed by atoms with E-state index in [2.05, 4.69) is 20.3 Å². The zero-order valence-corrected chi connectivity index (χ0v) is 11.3. The summed E-state index contributed by atoms with van der Waals surface area (Å²) in [5.41, 5.74) is 0. The summed E-state index contributed by atoms with van der Waals surface area (Å²) >= 11 is 5.83. The first-order valence-electron chi connectivity index (χ1n) is 5.37. The molecule has 0 bridgehead atoms. The summed E-state index contributed by atoms with van der Waals surface area (Å²) in [5.74, 6) is 1.02. The number of anilines is 2. The first-order valence-corrected chi connectivity index (χ1v) is 5.75. The van der Waals surface area contributed by atoms with Gasteiger partial charge in [-0.1, -0.05) is 0 Å². The van der Waals surface area contributed by atoms with Crippen LogP contribution in [0.25, 0.3) is 0 Å². The lowest BCUT2D eigenvalue weighted by Crippen LogP contribution is -2.21. The highest BCUT2D eigenvalue weighted by molar-refractivity contribution is 6.28. The van der Waals surface area contributed by atoms with Gasteiger partial charge in [-0.15, -0.1) is 0 Å². The highest BCUT2D eigenvalue weighted by Crippen LogP contribution is 2.12. The lowest BCUT2D eigenvalue weighted by molar-refractivity contribution is 0.191. The van der Waals surface area contributed by atoms with Gasteiger partial charge < -0.3 is 15.0 Å². The second-order valence-electron chi connectivity index (χ2n) is 3.95. The molecule has 1 aromatic rings. The van der Waals surface area contributed by atoms with Crippen molar-refractivity contribution >= 4 is 23.5 Å². The van der Waals surface area contributed by atoms with Crippen molar-refractivity contribution in [2.75, 3.05) is 38.0 Å². The summed E-state index contributed by atoms with van der Waals surface area (Å²) in [7, 11) is 5.38. The molecule has 0 saturated heterocycles. The third-order valence-electron chi connectivity index (χ3n) is 2.13. The van der Waals surface area contributed by atoms with Crippen LogP contribution in [0.5, 0.6) is 0 Å². The molecule has 1 N–H and O–H groups in total. The van der Waals surface area contributed by atoms with Crippen molar-refractivity contribution in [2.45, 2.75) is 19.4 Å². The van der Waals surface area contributed by atoms with Crippen molar-refractivity contribution in [1.82, 2.24) is 15.0 Å². The fourth-order valence-corrected chi connectivity index (χ4v) is 1.35. The van der Waals surface area contributed by atoms with Crippen molar-refractivity contribution < 1.29 is 4.74 Å². The smallest absolute Gasteiger partial charge is 0.230 e. The van der Waals surface area contributed by atoms with E-state index < -0.39 is 0 Å². The number of hydrogen-bond donors (Lipinski definition) is 1. The fourth-order valence-electron chi connectivity index (χ4n) is 1.19. The Kier molecular flexibility index (Phi) is 5.37. The van der Waals surface area contributed by atoms with Gasteiger partial charge in [0.1, 0.15) is 0 Å². The van der Waals surface area contributed by atoms with Gasteiger partial charge in [0.05, 0.1) is 0 Å². The summed E-state index contributed by atoms with van der Waals surface area (Å²) in [6.45, 7) is 2.72. The molecular weight excluding hydrogens is 242 g/mol. The predicted molar refractivity (Wildman–Crippen MR) is 68.7 cm³/mol. The van der Waals surface area contributed by atoms with Gasteiger partial charge in [0.15, 0.2) is 0 Å². The van der Waals surface area contributed by atoms with E-state index in [1.807, 2.05) is 21.0 Å². The topological polar surface area (TPSA) is 63.2 Å². The quantitative estimate of drug-likeness (QED) is 0.834. The van der Waals surface area contributed by atoms with Crippen LogP contribution in [0, 0.1) is 0 Å². The summed E-state index contributed by atoms with van der Waals surface area (Å²) in [6, 6.07) is 0.212. The van der Waals surface area contributed by atoms with E-state index in [0.29, 0.717) is 18.5 Å². The highest BCUT2D eigenvalue weighted by atomic mass is 35.5. The maximum absolute atomic E-state index is 5.83. The fraction of sp³-hybridized carbons (Fsp3) is 0.700. The van der Waals surface area contributed by atoms with Crippen LogP contribution < -0.4 is 10.2 Å². The van der Waals surface area contributed by atoms with Crippen molar-refractivity contribution in [3.63, 3.8) is 0 Å². The average Bonchev–Trinajstić information content (AvgIpc) is 2.25. The summed E-state index contributed by atoms with van der Waals surface area (Å²) in [6.07, 6.45) is 0.872. The van der Waals surface area contributed by atoms with Crippen LogP contribution in [0.15, 0.2) is 0 Å². The number of aromatic nitrogens is 3. The summed E-state index contributed by atoms with van der Waals surface area (Å²) in [5, 5.41) is 3.34. The number of hydrogen-bond acceptors (Lipinski definition) is 6. The number of nitrogens with zero attached hydrogens (tertiary/aromatic N) is 4. The Morgan fingerprint density at radius 3 is 2.65 bits per heavy atom. The molecule has 0 spiro atoms. The molecular formula is C10H18ClN5O. The second-order valence-corrected chi connectivity index (χ2v) is 4.29. The lowest BCUT2D eigenvalue weighted by Gasteiger charge is -2.15. The van der Waals surface area contributed by atoms with Gasteiger partial charge in [-0.3, -0.25) is 0 Å². The van der Waals surface area contributed by atoms with E-state index in [0.717, 1.165) is 6.42 Å². The molecule has 0 fully saturated rings. The standard InChI is InChI=1S/C10H18ClN5O/c1-7(5-6-17-4)12-9-13-8(11)14-10(15-9)16(2)3/h7H,5-6H2,1-4H3,(H,12,13,14,15). The molecule has 0 saturated carbocycles. The Hall–Kier alpha value is -1.14. The third-order valence-corrected chi connectivity index (χ3v) is 2.30. The molecule has 7 heteroatoms. The maximum atomic E-state index is 5.83. The number of halogens is 1. The number of rotatable bonds is 6. The summed E-state index contributed by atoms with van der Waals surface area (Å²) < 4.78 is 5.01. The van der Waals surface area contributed by atoms with Crippen LogP contribution in [-0.2, 0) is 4.74 Å². The maximum Gasteiger partial charge on any atom is 0.230 e. The molecule has 1 unspecified atom stereocenters. The van der Waals surface area contributed by atoms with Crippen LogP contribution in [-0.4, -0.2) is 48.8 Å². The largest absolute Gasteiger partial charge is 0.385 e. The SMILES string of the molecule is COCCC(C)Nc1nc(Cl)nc(N(C)C)n1. The minimum atomic E-state index is 0.185. The van der Waals surface area contributed by atoms with Crippen LogP contribution in [0.2, 0.25) is 5.28 Å². The molecule has 1 aromatic heterocycles. The Bertz CT molecular complexity index is 361. The number of nitrogens with one attached hydrogen (secondary N) is 1. The molecule has 0 aliphatic rings. The molecule has 6 nitrogen and oxygen atoms in total. The van der Waals surface area contributed by atoms with Crippen LogP contribution in [0.1, 0.15) is 13.3 Å². The number of methoxy groups -OCH3 is 1. The van der Waals surface area contributed by atoms with Gasteiger partial charge in [0.2, 0.25) is 17.2 Å². The van der Waals surface area contributed by atoms with Crippen LogP contribution in [0.3, 0.4) is 0 Å². The van der Waals surface area contributed by atoms with E-state index in [1.165, 1.54) is 0 Å². The average molecular weight is 260 g/mol. The van der Waals surface area contributed by atoms with E-state index in [9.17, 15) is 0 Å². The molecule has 1 heterocycles. The predicted octanol–water partition coefficient (Wildman–Crippen LogP) is 1.43. The molecule has 0 aliphatic carbocycles. The Balaban J connectivity index is 2.70. The first-order chi connectivity index (χ1) is 8.02. The number of ether oxygens (including phenoxy) is 1. The van der Waals surface area contributed by atoms with Crippen molar-refractivity contribution in [3.8, 4) is 0 Å². The minimum absolute atomic E-state index is 0.185. The van der Waals surface area contributed by atoms with E-state index in [4.69, 9.17) is 16.3 Å². The Labute approximate surface area is 106 Å². The molecule has 1 atom stereocenters. The minimum Gasteiger partial charge on any atom is -0.385 e. The monoisotopic (exact) mass is 259 g/mol. The van der Waals surface area contributed by atoms with E-state index in [-0.39, 0.29) is 11.3 Å². The van der Waals surface area contributed by atoms with Gasteiger partial charge in [-0.05, 0) is 24.9 Å². The van der Waals surface area contributed by atoms with Crippen LogP contribution in [0.4, 0.5) is 11.9 Å². The lowest BCUT2D eigenvalue weighted by atomic mass is 10.2. The molecule has 0 aliphatic heterocycles. The highest BCUT2D eigenvalue weighted by Gasteiger charge is 2.09. The van der Waals surface area contributed by atoms with Gasteiger partial charge in [0.25, 0.3) is 0 Å². The molecule has 1 rings (SSSR count). The van der Waals surface area contributed by atoms with Gasteiger partial charge in [0, 0.05) is 33.9 Å². The molecule has 17 heavy (non-hydrogen) atoms. The Morgan fingerprint density at radius 1 is 1.35 bits per heavy atom. The van der Waals surface area contributed by atoms with Crippen LogP contribution >= 0.6 is 11.6 Å². The zero-order chi connectivity index (χ0) is 12.8. The Morgan fingerprint density at radius 2 is 2.06 bits per heavy atom.